The molecular formula is C9H9N3O2. The highest BCUT2D eigenvalue weighted by Crippen LogP contribution is 2.31. The van der Waals surface area contributed by atoms with Gasteiger partial charge in [0, 0.05) is 17.7 Å². The van der Waals surface area contributed by atoms with Gasteiger partial charge in [0.2, 0.25) is 0 Å². The van der Waals surface area contributed by atoms with E-state index in [0.717, 1.165) is 0 Å². The molecule has 1 heterocycles. The molecule has 0 fully saturated rings. The van der Waals surface area contributed by atoms with Crippen LogP contribution in [0.1, 0.15) is 0 Å². The van der Waals surface area contributed by atoms with E-state index in [2.05, 4.69) is 10.2 Å². The average molecular weight is 191 g/mol. The van der Waals surface area contributed by atoms with Crippen molar-refractivity contribution in [1.29, 1.82) is 0 Å². The van der Waals surface area contributed by atoms with Crippen molar-refractivity contribution in [2.45, 2.75) is 0 Å². The Balaban J connectivity index is 2.52. The van der Waals surface area contributed by atoms with Crippen LogP contribution in [0.15, 0.2) is 24.3 Å². The summed E-state index contributed by atoms with van der Waals surface area (Å²) in [6.07, 6.45) is 0. The van der Waals surface area contributed by atoms with Gasteiger partial charge in [-0.3, -0.25) is 5.10 Å². The van der Waals surface area contributed by atoms with Gasteiger partial charge in [0.15, 0.2) is 0 Å². The highest BCUT2D eigenvalue weighted by molar-refractivity contribution is 5.69. The minimum atomic E-state index is -0.0198. The number of H-pyrrole nitrogens is 1. The van der Waals surface area contributed by atoms with Crippen molar-refractivity contribution in [3.8, 4) is 22.8 Å². The summed E-state index contributed by atoms with van der Waals surface area (Å²) in [7, 11) is 0. The largest absolute Gasteiger partial charge is 0.508 e. The van der Waals surface area contributed by atoms with Crippen LogP contribution >= 0.6 is 0 Å². The summed E-state index contributed by atoms with van der Waals surface area (Å²) < 4.78 is 0. The number of benzene rings is 1. The number of aromatic hydroxyl groups is 2. The van der Waals surface area contributed by atoms with Crippen LogP contribution in [-0.2, 0) is 0 Å². The lowest BCUT2D eigenvalue weighted by Gasteiger charge is -2.01. The van der Waals surface area contributed by atoms with Crippen LogP contribution in [0.25, 0.3) is 11.3 Å². The van der Waals surface area contributed by atoms with Crippen molar-refractivity contribution in [3.05, 3.63) is 24.3 Å². The molecule has 1 aromatic carbocycles. The molecule has 2 rings (SSSR count). The molecule has 0 saturated heterocycles. The summed E-state index contributed by atoms with van der Waals surface area (Å²) >= 11 is 0. The third-order valence-corrected chi connectivity index (χ3v) is 1.87. The van der Waals surface area contributed by atoms with Gasteiger partial charge in [0.05, 0.1) is 5.69 Å². The maximum atomic E-state index is 9.51. The number of anilines is 1. The molecule has 14 heavy (non-hydrogen) atoms. The average Bonchev–Trinajstić information content (AvgIpc) is 2.51. The molecule has 0 bridgehead atoms. The Labute approximate surface area is 79.8 Å². The van der Waals surface area contributed by atoms with Gasteiger partial charge >= 0.3 is 0 Å². The Morgan fingerprint density at radius 1 is 1.21 bits per heavy atom. The minimum Gasteiger partial charge on any atom is -0.508 e. The zero-order valence-corrected chi connectivity index (χ0v) is 7.23. The first-order valence-electron chi connectivity index (χ1n) is 4.00. The molecular weight excluding hydrogens is 182 g/mol. The summed E-state index contributed by atoms with van der Waals surface area (Å²) in [6, 6.07) is 5.92. The Bertz CT molecular complexity index is 465. The smallest absolute Gasteiger partial charge is 0.145 e. The van der Waals surface area contributed by atoms with Crippen molar-refractivity contribution >= 4 is 5.82 Å². The predicted octanol–water partition coefficient (Wildman–Crippen LogP) is 1.07. The molecule has 2 aromatic rings. The molecule has 0 aliphatic carbocycles. The van der Waals surface area contributed by atoms with E-state index in [1.54, 1.807) is 12.1 Å². The van der Waals surface area contributed by atoms with Crippen molar-refractivity contribution in [1.82, 2.24) is 10.2 Å². The third-order valence-electron chi connectivity index (χ3n) is 1.87. The number of nitrogens with one attached hydrogen (secondary N) is 1. The Morgan fingerprint density at radius 3 is 2.57 bits per heavy atom. The molecule has 1 aromatic heterocycles. The fraction of sp³-hybridized carbons (Fsp3) is 0. The molecule has 5 nitrogen and oxygen atoms in total. The van der Waals surface area contributed by atoms with Crippen molar-refractivity contribution in [2.75, 3.05) is 5.73 Å². The van der Waals surface area contributed by atoms with Crippen LogP contribution in [0, 0.1) is 0 Å². The number of nitrogens with two attached hydrogens (primary N) is 1. The molecule has 0 amide bonds. The molecule has 5 heteroatoms. The summed E-state index contributed by atoms with van der Waals surface area (Å²) in [5.74, 6) is 0.347. The molecule has 72 valence electrons. The zero-order valence-electron chi connectivity index (χ0n) is 7.23. The number of nitrogen functional groups attached to an aromatic ring is 1. The lowest BCUT2D eigenvalue weighted by Crippen LogP contribution is -1.81. The molecule has 0 radical (unpaired) electrons. The molecule has 5 N–H and O–H groups in total. The Kier molecular flexibility index (Phi) is 1.78. The lowest BCUT2D eigenvalue weighted by atomic mass is 10.1. The topological polar surface area (TPSA) is 95.2 Å². The fourth-order valence-electron chi connectivity index (χ4n) is 1.22. The number of aromatic nitrogens is 2. The standard InChI is InChI=1S/C9H9N3O2/c10-9-4-7(11-12-9)6-2-1-5(13)3-8(6)14/h1-4,13-14H,(H3,10,11,12). The maximum Gasteiger partial charge on any atom is 0.145 e. The van der Waals surface area contributed by atoms with Gasteiger partial charge in [0.1, 0.15) is 17.3 Å². The van der Waals surface area contributed by atoms with Crippen LogP contribution in [-0.4, -0.2) is 20.4 Å². The van der Waals surface area contributed by atoms with Crippen molar-refractivity contribution < 1.29 is 10.2 Å². The molecule has 0 unspecified atom stereocenters. The predicted molar refractivity (Wildman–Crippen MR) is 51.8 cm³/mol. The van der Waals surface area contributed by atoms with Crippen LogP contribution < -0.4 is 5.73 Å². The number of hydrogen-bond donors (Lipinski definition) is 4. The van der Waals surface area contributed by atoms with Gasteiger partial charge in [0.25, 0.3) is 0 Å². The van der Waals surface area contributed by atoms with E-state index in [1.807, 2.05) is 0 Å². The normalized spacial score (nSPS) is 10.3. The Morgan fingerprint density at radius 2 is 2.00 bits per heavy atom. The minimum absolute atomic E-state index is 0.0127. The SMILES string of the molecule is Nc1cc(-c2ccc(O)cc2O)[nH]n1. The monoisotopic (exact) mass is 191 g/mol. The van der Waals surface area contributed by atoms with E-state index >= 15 is 0 Å². The quantitative estimate of drug-likeness (QED) is 0.542. The summed E-state index contributed by atoms with van der Waals surface area (Å²) in [5.41, 5.74) is 6.58. The van der Waals surface area contributed by atoms with E-state index in [9.17, 15) is 5.11 Å². The summed E-state index contributed by atoms with van der Waals surface area (Å²) in [5, 5.41) is 25.0. The van der Waals surface area contributed by atoms with E-state index < -0.39 is 0 Å². The van der Waals surface area contributed by atoms with Crippen LogP contribution in [0.2, 0.25) is 0 Å². The van der Waals surface area contributed by atoms with Crippen LogP contribution in [0.3, 0.4) is 0 Å². The fourth-order valence-corrected chi connectivity index (χ4v) is 1.22. The number of phenols is 2. The molecule has 0 aliphatic rings. The molecule has 0 aliphatic heterocycles. The number of phenolic OH excluding ortho intramolecular Hbond substituents is 2. The molecule has 0 atom stereocenters. The first-order valence-corrected chi connectivity index (χ1v) is 4.00. The van der Waals surface area contributed by atoms with E-state index in [0.29, 0.717) is 17.1 Å². The highest BCUT2D eigenvalue weighted by Gasteiger charge is 2.07. The van der Waals surface area contributed by atoms with E-state index in [1.165, 1.54) is 12.1 Å². The number of nitrogens with zero attached hydrogens (tertiary/aromatic N) is 1. The van der Waals surface area contributed by atoms with Crippen LogP contribution in [0.4, 0.5) is 5.82 Å². The van der Waals surface area contributed by atoms with Crippen molar-refractivity contribution in [3.63, 3.8) is 0 Å². The van der Waals surface area contributed by atoms with Gasteiger partial charge in [-0.2, -0.15) is 5.10 Å². The number of hydrogen-bond acceptors (Lipinski definition) is 4. The highest BCUT2D eigenvalue weighted by atomic mass is 16.3. The Hall–Kier alpha value is -2.17. The number of aromatic amines is 1. The van der Waals surface area contributed by atoms with E-state index in [4.69, 9.17) is 10.8 Å². The third kappa shape index (κ3) is 1.35. The van der Waals surface area contributed by atoms with Crippen molar-refractivity contribution in [2.24, 2.45) is 0 Å². The van der Waals surface area contributed by atoms with Gasteiger partial charge in [-0.05, 0) is 12.1 Å². The molecule has 0 saturated carbocycles. The summed E-state index contributed by atoms with van der Waals surface area (Å²) in [6.45, 7) is 0. The second-order valence-electron chi connectivity index (χ2n) is 2.91. The van der Waals surface area contributed by atoms with Gasteiger partial charge in [-0.1, -0.05) is 0 Å². The molecule has 0 spiro atoms. The van der Waals surface area contributed by atoms with Crippen LogP contribution in [0.5, 0.6) is 11.5 Å². The summed E-state index contributed by atoms with van der Waals surface area (Å²) in [4.78, 5) is 0. The van der Waals surface area contributed by atoms with E-state index in [-0.39, 0.29) is 11.5 Å². The first-order chi connectivity index (χ1) is 6.66. The van der Waals surface area contributed by atoms with Gasteiger partial charge in [-0.15, -0.1) is 0 Å². The van der Waals surface area contributed by atoms with Gasteiger partial charge in [-0.25, -0.2) is 0 Å². The van der Waals surface area contributed by atoms with Gasteiger partial charge < -0.3 is 15.9 Å². The number of rotatable bonds is 1. The zero-order chi connectivity index (χ0) is 10.1. The maximum absolute atomic E-state index is 9.51. The second-order valence-corrected chi connectivity index (χ2v) is 2.91. The second kappa shape index (κ2) is 2.95. The lowest BCUT2D eigenvalue weighted by molar-refractivity contribution is 0.452. The first kappa shape index (κ1) is 8.43.